The summed E-state index contributed by atoms with van der Waals surface area (Å²) in [5.74, 6) is 1.72. The first kappa shape index (κ1) is 16.8. The molecule has 0 unspecified atom stereocenters. The average Bonchev–Trinajstić information content (AvgIpc) is 2.53. The summed E-state index contributed by atoms with van der Waals surface area (Å²) in [6.45, 7) is 9.05. The lowest BCUT2D eigenvalue weighted by Gasteiger charge is -2.31. The minimum atomic E-state index is 0.268. The lowest BCUT2D eigenvalue weighted by Crippen LogP contribution is -2.39. The lowest BCUT2D eigenvalue weighted by atomic mass is 9.93. The van der Waals surface area contributed by atoms with Crippen LogP contribution in [-0.2, 0) is 4.79 Å². The monoisotopic (exact) mass is 295 g/mol. The third kappa shape index (κ3) is 6.35. The van der Waals surface area contributed by atoms with Gasteiger partial charge in [0.05, 0.1) is 0 Å². The van der Waals surface area contributed by atoms with Crippen LogP contribution in [0, 0.1) is 11.8 Å². The average molecular weight is 295 g/mol. The number of hydrogen-bond acceptors (Lipinski definition) is 3. The molecule has 0 aromatic rings. The first-order valence-electron chi connectivity index (χ1n) is 8.97. The van der Waals surface area contributed by atoms with Crippen LogP contribution < -0.4 is 10.6 Å². The largest absolute Gasteiger partial charge is 0.356 e. The SMILES string of the molecule is CCCN1CCC(CNC(=O)CCC2CCNCC2)CC1. The summed E-state index contributed by atoms with van der Waals surface area (Å²) >= 11 is 0. The maximum Gasteiger partial charge on any atom is 0.220 e. The summed E-state index contributed by atoms with van der Waals surface area (Å²) in [5.41, 5.74) is 0. The summed E-state index contributed by atoms with van der Waals surface area (Å²) in [4.78, 5) is 14.5. The molecular weight excluding hydrogens is 262 g/mol. The first-order valence-corrected chi connectivity index (χ1v) is 8.97. The maximum absolute atomic E-state index is 12.0. The van der Waals surface area contributed by atoms with Gasteiger partial charge in [0.25, 0.3) is 0 Å². The number of piperidine rings is 2. The van der Waals surface area contributed by atoms with Crippen molar-refractivity contribution in [2.45, 2.75) is 51.9 Å². The van der Waals surface area contributed by atoms with E-state index < -0.39 is 0 Å². The van der Waals surface area contributed by atoms with E-state index in [9.17, 15) is 4.79 Å². The van der Waals surface area contributed by atoms with Crippen LogP contribution in [0.1, 0.15) is 51.9 Å². The molecule has 0 atom stereocenters. The highest BCUT2D eigenvalue weighted by Gasteiger charge is 2.19. The lowest BCUT2D eigenvalue weighted by molar-refractivity contribution is -0.121. The fourth-order valence-corrected chi connectivity index (χ4v) is 3.58. The summed E-state index contributed by atoms with van der Waals surface area (Å²) in [6, 6.07) is 0. The second-order valence-electron chi connectivity index (χ2n) is 6.82. The molecule has 2 aliphatic rings. The molecule has 2 N–H and O–H groups in total. The van der Waals surface area contributed by atoms with E-state index in [0.29, 0.717) is 5.92 Å². The van der Waals surface area contributed by atoms with Crippen LogP contribution in [-0.4, -0.2) is 50.1 Å². The van der Waals surface area contributed by atoms with Gasteiger partial charge in [0.15, 0.2) is 0 Å². The molecule has 0 radical (unpaired) electrons. The normalized spacial score (nSPS) is 22.3. The molecule has 2 heterocycles. The number of carbonyl (C=O) groups excluding carboxylic acids is 1. The molecule has 21 heavy (non-hydrogen) atoms. The predicted molar refractivity (Wildman–Crippen MR) is 87.3 cm³/mol. The Balaban J connectivity index is 1.52. The van der Waals surface area contributed by atoms with Crippen molar-refractivity contribution in [2.75, 3.05) is 39.3 Å². The van der Waals surface area contributed by atoms with Gasteiger partial charge in [0.2, 0.25) is 5.91 Å². The molecule has 0 saturated carbocycles. The van der Waals surface area contributed by atoms with Crippen LogP contribution in [0.15, 0.2) is 0 Å². The number of nitrogens with one attached hydrogen (secondary N) is 2. The molecule has 2 aliphatic heterocycles. The predicted octanol–water partition coefficient (Wildman–Crippen LogP) is 2.00. The zero-order valence-electron chi connectivity index (χ0n) is 13.7. The number of amides is 1. The van der Waals surface area contributed by atoms with Crippen molar-refractivity contribution < 1.29 is 4.79 Å². The number of carbonyl (C=O) groups is 1. The van der Waals surface area contributed by atoms with Gasteiger partial charge in [0, 0.05) is 13.0 Å². The molecule has 4 heteroatoms. The van der Waals surface area contributed by atoms with Gasteiger partial charge in [-0.1, -0.05) is 6.92 Å². The van der Waals surface area contributed by atoms with Crippen LogP contribution in [0.2, 0.25) is 0 Å². The van der Waals surface area contributed by atoms with Gasteiger partial charge >= 0.3 is 0 Å². The molecule has 0 bridgehead atoms. The number of nitrogens with zero attached hydrogens (tertiary/aromatic N) is 1. The molecule has 2 rings (SSSR count). The molecule has 0 aromatic carbocycles. The fourth-order valence-electron chi connectivity index (χ4n) is 3.58. The second kappa shape index (κ2) is 9.42. The third-order valence-corrected chi connectivity index (χ3v) is 5.07. The summed E-state index contributed by atoms with van der Waals surface area (Å²) in [5, 5.41) is 6.54. The van der Waals surface area contributed by atoms with Crippen molar-refractivity contribution in [1.29, 1.82) is 0 Å². The van der Waals surface area contributed by atoms with Gasteiger partial charge in [-0.25, -0.2) is 0 Å². The maximum atomic E-state index is 12.0. The first-order chi connectivity index (χ1) is 10.3. The highest BCUT2D eigenvalue weighted by Crippen LogP contribution is 2.18. The van der Waals surface area contributed by atoms with Crippen LogP contribution >= 0.6 is 0 Å². The van der Waals surface area contributed by atoms with E-state index in [0.717, 1.165) is 38.4 Å². The molecule has 2 saturated heterocycles. The van der Waals surface area contributed by atoms with Gasteiger partial charge in [0.1, 0.15) is 0 Å². The van der Waals surface area contributed by atoms with E-state index in [1.807, 2.05) is 0 Å². The van der Waals surface area contributed by atoms with Crippen molar-refractivity contribution in [1.82, 2.24) is 15.5 Å². The van der Waals surface area contributed by atoms with Crippen molar-refractivity contribution in [3.8, 4) is 0 Å². The van der Waals surface area contributed by atoms with Crippen LogP contribution in [0.25, 0.3) is 0 Å². The van der Waals surface area contributed by atoms with E-state index in [-0.39, 0.29) is 5.91 Å². The third-order valence-electron chi connectivity index (χ3n) is 5.07. The summed E-state index contributed by atoms with van der Waals surface area (Å²) < 4.78 is 0. The zero-order valence-corrected chi connectivity index (χ0v) is 13.7. The topological polar surface area (TPSA) is 44.4 Å². The van der Waals surface area contributed by atoms with Crippen molar-refractivity contribution in [3.63, 3.8) is 0 Å². The van der Waals surface area contributed by atoms with E-state index >= 15 is 0 Å². The Hall–Kier alpha value is -0.610. The quantitative estimate of drug-likeness (QED) is 0.755. The highest BCUT2D eigenvalue weighted by molar-refractivity contribution is 5.75. The minimum absolute atomic E-state index is 0.268. The summed E-state index contributed by atoms with van der Waals surface area (Å²) in [6.07, 6.45) is 8.01. The fraction of sp³-hybridized carbons (Fsp3) is 0.941. The standard InChI is InChI=1S/C17H33N3O/c1-2-11-20-12-7-16(8-13-20)14-19-17(21)4-3-15-5-9-18-10-6-15/h15-16,18H,2-14H2,1H3,(H,19,21). The van der Waals surface area contributed by atoms with Crippen LogP contribution in [0.4, 0.5) is 0 Å². The smallest absolute Gasteiger partial charge is 0.220 e. The van der Waals surface area contributed by atoms with E-state index in [1.165, 1.54) is 51.7 Å². The van der Waals surface area contributed by atoms with E-state index in [4.69, 9.17) is 0 Å². The van der Waals surface area contributed by atoms with Crippen molar-refractivity contribution in [2.24, 2.45) is 11.8 Å². The van der Waals surface area contributed by atoms with Crippen LogP contribution in [0.5, 0.6) is 0 Å². The molecule has 0 spiro atoms. The molecule has 2 fully saturated rings. The Morgan fingerprint density at radius 3 is 2.52 bits per heavy atom. The van der Waals surface area contributed by atoms with Gasteiger partial charge in [-0.05, 0) is 83.1 Å². The van der Waals surface area contributed by atoms with Gasteiger partial charge in [-0.15, -0.1) is 0 Å². The van der Waals surface area contributed by atoms with Crippen molar-refractivity contribution in [3.05, 3.63) is 0 Å². The minimum Gasteiger partial charge on any atom is -0.356 e. The van der Waals surface area contributed by atoms with E-state index in [2.05, 4.69) is 22.5 Å². The molecular formula is C17H33N3O. The Bertz CT molecular complexity index is 294. The van der Waals surface area contributed by atoms with Crippen molar-refractivity contribution >= 4 is 5.91 Å². The number of hydrogen-bond donors (Lipinski definition) is 2. The van der Waals surface area contributed by atoms with Gasteiger partial charge in [-0.3, -0.25) is 4.79 Å². The Morgan fingerprint density at radius 1 is 1.14 bits per heavy atom. The summed E-state index contributed by atoms with van der Waals surface area (Å²) in [7, 11) is 0. The highest BCUT2D eigenvalue weighted by atomic mass is 16.1. The molecule has 0 aromatic heterocycles. The molecule has 1 amide bonds. The zero-order chi connectivity index (χ0) is 14.9. The van der Waals surface area contributed by atoms with Crippen LogP contribution in [0.3, 0.4) is 0 Å². The Labute approximate surface area is 130 Å². The number of likely N-dealkylation sites (tertiary alicyclic amines) is 1. The molecule has 0 aliphatic carbocycles. The van der Waals surface area contributed by atoms with Gasteiger partial charge in [-0.2, -0.15) is 0 Å². The molecule has 4 nitrogen and oxygen atoms in total. The molecule has 122 valence electrons. The number of rotatable bonds is 7. The Morgan fingerprint density at radius 2 is 1.86 bits per heavy atom. The Kier molecular flexibility index (Phi) is 7.51. The van der Waals surface area contributed by atoms with E-state index in [1.54, 1.807) is 0 Å². The van der Waals surface area contributed by atoms with Gasteiger partial charge < -0.3 is 15.5 Å². The second-order valence-corrected chi connectivity index (χ2v) is 6.82.